The Kier molecular flexibility index (Phi) is 8.85. The van der Waals surface area contributed by atoms with E-state index in [4.69, 9.17) is 4.74 Å². The third-order valence-corrected chi connectivity index (χ3v) is 1.16. The molecule has 1 heterocycles. The van der Waals surface area contributed by atoms with Crippen molar-refractivity contribution in [1.82, 2.24) is 0 Å². The van der Waals surface area contributed by atoms with Gasteiger partial charge in [-0.05, 0) is 66.2 Å². The maximum absolute atomic E-state index is 5.15. The van der Waals surface area contributed by atoms with Crippen LogP contribution in [0, 0.1) is 0 Å². The van der Waals surface area contributed by atoms with Crippen LogP contribution in [0.2, 0.25) is 0 Å². The van der Waals surface area contributed by atoms with Gasteiger partial charge in [-0.15, -0.1) is 0 Å². The summed E-state index contributed by atoms with van der Waals surface area (Å²) in [6, 6.07) is 0. The predicted molar refractivity (Wildman–Crippen MR) is 58.3 cm³/mol. The van der Waals surface area contributed by atoms with Gasteiger partial charge < -0.3 is 4.74 Å². The predicted octanol–water partition coefficient (Wildman–Crippen LogP) is 4.58. The van der Waals surface area contributed by atoms with Crippen molar-refractivity contribution in [2.24, 2.45) is 0 Å². The molecule has 0 aliphatic carbocycles. The summed E-state index contributed by atoms with van der Waals surface area (Å²) in [5.74, 6) is 0. The Morgan fingerprint density at radius 2 is 1.90 bits per heavy atom. The molecule has 1 unspecified atom stereocenters. The molecule has 0 spiro atoms. The summed E-state index contributed by atoms with van der Waals surface area (Å²) in [6.45, 7) is 3.11. The zero-order valence-corrected chi connectivity index (χ0v) is 11.3. The summed E-state index contributed by atoms with van der Waals surface area (Å²) in [7, 11) is 0. The van der Waals surface area contributed by atoms with Crippen molar-refractivity contribution in [2.45, 2.75) is 25.9 Å². The summed E-state index contributed by atoms with van der Waals surface area (Å²) in [4.78, 5) is 0. The van der Waals surface area contributed by atoms with E-state index in [9.17, 15) is 0 Å². The fraction of sp³-hybridized carbons (Fsp3) is 1.00. The first-order valence-corrected chi connectivity index (χ1v) is 10.4. The molecule has 1 atom stereocenters. The van der Waals surface area contributed by atoms with Crippen molar-refractivity contribution in [2.75, 3.05) is 6.61 Å². The highest BCUT2D eigenvalue weighted by Gasteiger charge is 2.07. The van der Waals surface area contributed by atoms with Gasteiger partial charge in [0.15, 0.2) is 0 Å². The Morgan fingerprint density at radius 1 is 1.40 bits per heavy atom. The third kappa shape index (κ3) is 9.83. The summed E-state index contributed by atoms with van der Waals surface area (Å²) in [5, 5.41) is 0. The first-order valence-electron chi connectivity index (χ1n) is 3.02. The van der Waals surface area contributed by atoms with Crippen molar-refractivity contribution >= 4 is 50.5 Å². The van der Waals surface area contributed by atoms with E-state index in [1.165, 1.54) is 12.8 Å². The van der Waals surface area contributed by atoms with Crippen molar-refractivity contribution < 1.29 is 4.74 Å². The summed E-state index contributed by atoms with van der Waals surface area (Å²) in [5.41, 5.74) is 0. The molecule has 0 amide bonds. The van der Waals surface area contributed by atoms with E-state index in [1.54, 1.807) is 0 Å². The summed E-state index contributed by atoms with van der Waals surface area (Å²) < 4.78 is 4.97. The van der Waals surface area contributed by atoms with Crippen LogP contribution in [0.15, 0.2) is 0 Å². The minimum absolute atomic E-state index is 0.183. The second kappa shape index (κ2) is 7.48. The van der Waals surface area contributed by atoms with E-state index < -0.39 is 0 Å². The van der Waals surface area contributed by atoms with Gasteiger partial charge >= 0.3 is 0 Å². The Morgan fingerprint density at radius 3 is 2.00 bits per heavy atom. The number of hydrogen-bond acceptors (Lipinski definition) is 1. The van der Waals surface area contributed by atoms with Crippen molar-refractivity contribution in [3.8, 4) is 0 Å². The molecular weight excluding hydrogens is 347 g/mol. The lowest BCUT2D eigenvalue weighted by Gasteiger charge is -1.94. The van der Waals surface area contributed by atoms with Gasteiger partial charge in [-0.1, -0.05) is 0 Å². The molecule has 1 nitrogen and oxygen atoms in total. The van der Waals surface area contributed by atoms with Crippen LogP contribution in [0.5, 0.6) is 0 Å². The number of halogens is 3. The summed E-state index contributed by atoms with van der Waals surface area (Å²) >= 11 is 9.51. The molecule has 0 radical (unpaired) electrons. The Balaban J connectivity index is 0.000000180. The largest absolute Gasteiger partial charge is 0.379 e. The molecule has 1 aliphatic heterocycles. The highest BCUT2D eigenvalue weighted by Crippen LogP contribution is 2.59. The Hall–Kier alpha value is 1.83. The van der Waals surface area contributed by atoms with E-state index in [2.05, 4.69) is 53.4 Å². The fourth-order valence-corrected chi connectivity index (χ4v) is 0.739. The molecule has 1 fully saturated rings. The molecular formula is C5H10Br3OP. The highest BCUT2D eigenvalue weighted by atomic mass is 80.0. The number of hydrogen-bond donors (Lipinski definition) is 0. The smallest absolute Gasteiger partial charge is 0.103 e. The molecule has 62 valence electrons. The van der Waals surface area contributed by atoms with Gasteiger partial charge in [0.25, 0.3) is 0 Å². The van der Waals surface area contributed by atoms with Gasteiger partial charge in [-0.3, -0.25) is 0 Å². The van der Waals surface area contributed by atoms with Gasteiger partial charge in [0.05, 0.1) is 6.10 Å². The Bertz CT molecular complexity index is 72.5. The van der Waals surface area contributed by atoms with Crippen LogP contribution in [-0.2, 0) is 4.74 Å². The summed E-state index contributed by atoms with van der Waals surface area (Å²) in [6.07, 6.45) is 3.08. The van der Waals surface area contributed by atoms with E-state index in [0.717, 1.165) is 6.61 Å². The van der Waals surface area contributed by atoms with Crippen LogP contribution in [0.4, 0.5) is 0 Å². The number of ether oxygens (including phenoxy) is 1. The monoisotopic (exact) mass is 354 g/mol. The van der Waals surface area contributed by atoms with E-state index in [1.807, 2.05) is 0 Å². The van der Waals surface area contributed by atoms with Crippen LogP contribution in [0.3, 0.4) is 0 Å². The third-order valence-electron chi connectivity index (χ3n) is 1.16. The molecule has 5 heteroatoms. The van der Waals surface area contributed by atoms with Crippen LogP contribution >= 0.6 is 50.5 Å². The minimum atomic E-state index is -0.183. The van der Waals surface area contributed by atoms with Crippen molar-refractivity contribution in [3.63, 3.8) is 0 Å². The van der Waals surface area contributed by atoms with E-state index in [0.29, 0.717) is 6.10 Å². The second-order valence-corrected chi connectivity index (χ2v) is 17.3. The van der Waals surface area contributed by atoms with Gasteiger partial charge in [0, 0.05) is 6.61 Å². The molecule has 0 aromatic rings. The highest BCUT2D eigenvalue weighted by molar-refractivity contribution is 9.93. The van der Waals surface area contributed by atoms with Gasteiger partial charge in [-0.2, -0.15) is 0 Å². The molecule has 0 bridgehead atoms. The molecule has 0 N–H and O–H groups in total. The van der Waals surface area contributed by atoms with Gasteiger partial charge in [0.2, 0.25) is 0 Å². The fourth-order valence-electron chi connectivity index (χ4n) is 0.739. The molecule has 1 rings (SSSR count). The SMILES string of the molecule is BrP(Br)Br.CC1CCCO1. The lowest BCUT2D eigenvalue weighted by atomic mass is 10.3. The molecule has 1 saturated heterocycles. The molecule has 0 aromatic carbocycles. The lowest BCUT2D eigenvalue weighted by molar-refractivity contribution is 0.125. The van der Waals surface area contributed by atoms with Crippen LogP contribution < -0.4 is 0 Å². The zero-order valence-electron chi connectivity index (χ0n) is 5.69. The van der Waals surface area contributed by atoms with Gasteiger partial charge in [0.1, 0.15) is 4.03 Å². The Labute approximate surface area is 87.2 Å². The molecule has 1 aliphatic rings. The average Bonchev–Trinajstić information content (AvgIpc) is 2.15. The number of rotatable bonds is 0. The minimum Gasteiger partial charge on any atom is -0.379 e. The van der Waals surface area contributed by atoms with Crippen molar-refractivity contribution in [1.29, 1.82) is 0 Å². The van der Waals surface area contributed by atoms with Crippen LogP contribution in [0.25, 0.3) is 0 Å². The first kappa shape index (κ1) is 11.8. The van der Waals surface area contributed by atoms with Crippen LogP contribution in [-0.4, -0.2) is 12.7 Å². The quantitative estimate of drug-likeness (QED) is 0.577. The zero-order chi connectivity index (χ0) is 7.98. The molecule has 10 heavy (non-hydrogen) atoms. The molecule has 0 saturated carbocycles. The topological polar surface area (TPSA) is 9.23 Å². The maximum Gasteiger partial charge on any atom is 0.103 e. The first-order chi connectivity index (χ1) is 4.63. The average molecular weight is 357 g/mol. The van der Waals surface area contributed by atoms with Gasteiger partial charge in [-0.25, -0.2) is 0 Å². The second-order valence-electron chi connectivity index (χ2n) is 2.02. The van der Waals surface area contributed by atoms with Crippen LogP contribution in [0.1, 0.15) is 19.8 Å². The van der Waals surface area contributed by atoms with E-state index >= 15 is 0 Å². The molecule has 0 aromatic heterocycles. The maximum atomic E-state index is 5.15. The normalized spacial score (nSPS) is 24.3. The van der Waals surface area contributed by atoms with Crippen molar-refractivity contribution in [3.05, 3.63) is 0 Å². The van der Waals surface area contributed by atoms with E-state index in [-0.39, 0.29) is 4.03 Å². The lowest BCUT2D eigenvalue weighted by Crippen LogP contribution is -1.94. The standard InChI is InChI=1S/C5H10O.Br3P/c1-5-3-2-4-6-5;1-4(2)3/h5H,2-4H2,1H3;.